The molecule has 0 spiro atoms. The van der Waals surface area contributed by atoms with Crippen LogP contribution >= 0.6 is 0 Å². The Morgan fingerprint density at radius 1 is 1.11 bits per heavy atom. The van der Waals surface area contributed by atoms with Crippen LogP contribution in [0.15, 0.2) is 0 Å². The van der Waals surface area contributed by atoms with Gasteiger partial charge in [-0.1, -0.05) is 40.0 Å². The number of carbonyl (C=O) groups excluding carboxylic acids is 2. The number of hydrogen-bond acceptors (Lipinski definition) is 3. The van der Waals surface area contributed by atoms with E-state index in [1.807, 2.05) is 0 Å². The fourth-order valence-corrected chi connectivity index (χ4v) is 2.08. The Morgan fingerprint density at radius 3 is 2.16 bits per heavy atom. The average molecular weight is 270 g/mol. The minimum Gasteiger partial charge on any atom is -0.345 e. The minimum atomic E-state index is -0.352. The summed E-state index contributed by atoms with van der Waals surface area (Å²) in [5.74, 6) is 0.368. The zero-order valence-electron chi connectivity index (χ0n) is 13.1. The molecular weight excluding hydrogens is 240 g/mol. The molecule has 0 aliphatic carbocycles. The number of carbonyl (C=O) groups is 2. The van der Waals surface area contributed by atoms with Crippen LogP contribution in [0.5, 0.6) is 0 Å². The normalized spacial score (nSPS) is 14.2. The standard InChI is InChI=1S/C15H30N2O2/c1-6-7-8-9-13(16-5)15(19)17-14(12(4)18)10-11(2)3/h11,13-14,16H,6-10H2,1-5H3,(H,17,19)/t13-,14-/m0/s1. The van der Waals surface area contributed by atoms with Crippen molar-refractivity contribution in [3.05, 3.63) is 0 Å². The van der Waals surface area contributed by atoms with Crippen LogP contribution in [0.25, 0.3) is 0 Å². The maximum absolute atomic E-state index is 12.1. The van der Waals surface area contributed by atoms with Crippen LogP contribution in [0, 0.1) is 5.92 Å². The zero-order chi connectivity index (χ0) is 14.8. The van der Waals surface area contributed by atoms with E-state index in [0.29, 0.717) is 12.3 Å². The van der Waals surface area contributed by atoms with E-state index in [2.05, 4.69) is 31.4 Å². The van der Waals surface area contributed by atoms with Gasteiger partial charge in [0.15, 0.2) is 5.78 Å². The van der Waals surface area contributed by atoms with Crippen molar-refractivity contribution in [1.82, 2.24) is 10.6 Å². The fourth-order valence-electron chi connectivity index (χ4n) is 2.08. The summed E-state index contributed by atoms with van der Waals surface area (Å²) in [5.41, 5.74) is 0. The highest BCUT2D eigenvalue weighted by Crippen LogP contribution is 2.08. The lowest BCUT2D eigenvalue weighted by Crippen LogP contribution is -2.49. The molecule has 4 nitrogen and oxygen atoms in total. The third kappa shape index (κ3) is 7.98. The molecule has 0 aromatic rings. The molecule has 0 aliphatic rings. The molecule has 0 unspecified atom stereocenters. The van der Waals surface area contributed by atoms with Crippen molar-refractivity contribution in [1.29, 1.82) is 0 Å². The van der Waals surface area contributed by atoms with E-state index in [-0.39, 0.29) is 23.8 Å². The van der Waals surface area contributed by atoms with Gasteiger partial charge in [0, 0.05) is 0 Å². The molecule has 4 heteroatoms. The molecule has 0 rings (SSSR count). The van der Waals surface area contributed by atoms with E-state index in [1.54, 1.807) is 14.0 Å². The second-order valence-corrected chi connectivity index (χ2v) is 5.64. The molecule has 0 bridgehead atoms. The predicted octanol–water partition coefficient (Wildman–Crippen LogP) is 2.27. The van der Waals surface area contributed by atoms with Crippen molar-refractivity contribution in [2.24, 2.45) is 5.92 Å². The molecule has 19 heavy (non-hydrogen) atoms. The van der Waals surface area contributed by atoms with E-state index in [0.717, 1.165) is 25.7 Å². The van der Waals surface area contributed by atoms with Gasteiger partial charge in [0.1, 0.15) is 0 Å². The summed E-state index contributed by atoms with van der Waals surface area (Å²) >= 11 is 0. The first-order valence-electron chi connectivity index (χ1n) is 7.40. The Morgan fingerprint density at radius 2 is 1.74 bits per heavy atom. The summed E-state index contributed by atoms with van der Waals surface area (Å²) in [6.45, 7) is 7.79. The molecule has 2 atom stereocenters. The van der Waals surface area contributed by atoms with Gasteiger partial charge in [-0.25, -0.2) is 0 Å². The Labute approximate surface area is 117 Å². The number of likely N-dealkylation sites (N-methyl/N-ethyl adjacent to an activating group) is 1. The van der Waals surface area contributed by atoms with Gasteiger partial charge in [-0.15, -0.1) is 0 Å². The molecule has 0 aliphatic heterocycles. The third-order valence-corrected chi connectivity index (χ3v) is 3.28. The molecule has 0 aromatic carbocycles. The van der Waals surface area contributed by atoms with Crippen LogP contribution in [0.1, 0.15) is 59.8 Å². The monoisotopic (exact) mass is 270 g/mol. The van der Waals surface area contributed by atoms with Crippen LogP contribution in [0.4, 0.5) is 0 Å². The van der Waals surface area contributed by atoms with E-state index in [4.69, 9.17) is 0 Å². The molecule has 0 fully saturated rings. The van der Waals surface area contributed by atoms with Gasteiger partial charge in [0.2, 0.25) is 5.91 Å². The number of nitrogens with one attached hydrogen (secondary N) is 2. The maximum atomic E-state index is 12.1. The summed E-state index contributed by atoms with van der Waals surface area (Å²) in [4.78, 5) is 23.7. The highest BCUT2D eigenvalue weighted by atomic mass is 16.2. The first kappa shape index (κ1) is 18.1. The lowest BCUT2D eigenvalue weighted by atomic mass is 10.00. The van der Waals surface area contributed by atoms with Gasteiger partial charge in [-0.05, 0) is 32.7 Å². The van der Waals surface area contributed by atoms with Crippen LogP contribution < -0.4 is 10.6 Å². The van der Waals surface area contributed by atoms with E-state index in [9.17, 15) is 9.59 Å². The first-order valence-corrected chi connectivity index (χ1v) is 7.40. The Bertz CT molecular complexity index is 277. The van der Waals surface area contributed by atoms with Crippen LogP contribution in [0.3, 0.4) is 0 Å². The Hall–Kier alpha value is -0.900. The summed E-state index contributed by atoms with van der Waals surface area (Å²) in [7, 11) is 1.79. The van der Waals surface area contributed by atoms with Crippen molar-refractivity contribution in [2.45, 2.75) is 71.9 Å². The minimum absolute atomic E-state index is 0.0328. The predicted molar refractivity (Wildman–Crippen MR) is 79.1 cm³/mol. The molecule has 2 N–H and O–H groups in total. The van der Waals surface area contributed by atoms with E-state index < -0.39 is 0 Å². The number of ketones is 1. The molecule has 0 saturated heterocycles. The summed E-state index contributed by atoms with van der Waals surface area (Å²) in [6, 6.07) is -0.546. The molecule has 1 amide bonds. The number of unbranched alkanes of at least 4 members (excludes halogenated alkanes) is 2. The number of rotatable bonds is 10. The molecular formula is C15H30N2O2. The molecule has 0 radical (unpaired) electrons. The smallest absolute Gasteiger partial charge is 0.237 e. The van der Waals surface area contributed by atoms with Gasteiger partial charge in [0.25, 0.3) is 0 Å². The van der Waals surface area contributed by atoms with Gasteiger partial charge >= 0.3 is 0 Å². The Balaban J connectivity index is 4.37. The summed E-state index contributed by atoms with van der Waals surface area (Å²) in [5, 5.41) is 5.91. The molecule has 112 valence electrons. The summed E-state index contributed by atoms with van der Waals surface area (Å²) in [6.07, 6.45) is 4.83. The average Bonchev–Trinajstić information content (AvgIpc) is 2.33. The first-order chi connectivity index (χ1) is 8.92. The maximum Gasteiger partial charge on any atom is 0.237 e. The van der Waals surface area contributed by atoms with E-state index in [1.165, 1.54) is 0 Å². The highest BCUT2D eigenvalue weighted by Gasteiger charge is 2.22. The van der Waals surface area contributed by atoms with Crippen LogP contribution in [-0.4, -0.2) is 30.8 Å². The number of amides is 1. The van der Waals surface area contributed by atoms with Crippen molar-refractivity contribution >= 4 is 11.7 Å². The van der Waals surface area contributed by atoms with Crippen molar-refractivity contribution in [2.75, 3.05) is 7.05 Å². The topological polar surface area (TPSA) is 58.2 Å². The zero-order valence-corrected chi connectivity index (χ0v) is 13.1. The highest BCUT2D eigenvalue weighted by molar-refractivity contribution is 5.89. The third-order valence-electron chi connectivity index (χ3n) is 3.28. The van der Waals surface area contributed by atoms with Crippen molar-refractivity contribution < 1.29 is 9.59 Å². The van der Waals surface area contributed by atoms with Gasteiger partial charge < -0.3 is 10.6 Å². The SMILES string of the molecule is CCCCC[C@H](NC)C(=O)N[C@@H](CC(C)C)C(C)=O. The quantitative estimate of drug-likeness (QED) is 0.599. The second-order valence-electron chi connectivity index (χ2n) is 5.64. The van der Waals surface area contributed by atoms with Crippen molar-refractivity contribution in [3.8, 4) is 0 Å². The molecule has 0 aromatic heterocycles. The lowest BCUT2D eigenvalue weighted by Gasteiger charge is -2.22. The largest absolute Gasteiger partial charge is 0.345 e. The molecule has 0 saturated carbocycles. The fraction of sp³-hybridized carbons (Fsp3) is 0.867. The summed E-state index contributed by atoms with van der Waals surface area (Å²) < 4.78 is 0. The van der Waals surface area contributed by atoms with Crippen molar-refractivity contribution in [3.63, 3.8) is 0 Å². The number of hydrogen-bond donors (Lipinski definition) is 2. The van der Waals surface area contributed by atoms with Crippen LogP contribution in [0.2, 0.25) is 0 Å². The lowest BCUT2D eigenvalue weighted by molar-refractivity contribution is -0.128. The van der Waals surface area contributed by atoms with Gasteiger partial charge in [-0.3, -0.25) is 9.59 Å². The second kappa shape index (κ2) is 9.96. The van der Waals surface area contributed by atoms with E-state index >= 15 is 0 Å². The van der Waals surface area contributed by atoms with Gasteiger partial charge in [0.05, 0.1) is 12.1 Å². The molecule has 0 heterocycles. The Kier molecular flexibility index (Phi) is 9.48. The number of Topliss-reactive ketones (excluding diaryl/α,β-unsaturated/α-hetero) is 1. The van der Waals surface area contributed by atoms with Crippen LogP contribution in [-0.2, 0) is 9.59 Å². The van der Waals surface area contributed by atoms with Gasteiger partial charge in [-0.2, -0.15) is 0 Å².